The number of carboxylic acids is 1. The van der Waals surface area contributed by atoms with Crippen molar-refractivity contribution in [3.63, 3.8) is 0 Å². The molecule has 0 aromatic carbocycles. The number of aryl methyl sites for hydroxylation is 1. The van der Waals surface area contributed by atoms with Gasteiger partial charge in [-0.05, 0) is 13.3 Å². The van der Waals surface area contributed by atoms with Crippen LogP contribution in [0.5, 0.6) is 0 Å². The van der Waals surface area contributed by atoms with Crippen molar-refractivity contribution in [2.75, 3.05) is 7.11 Å². The highest BCUT2D eigenvalue weighted by molar-refractivity contribution is 5.94. The van der Waals surface area contributed by atoms with Crippen LogP contribution in [-0.2, 0) is 14.3 Å². The number of carboxylic acid groups (broad SMARTS) is 1. The third kappa shape index (κ3) is 4.63. The van der Waals surface area contributed by atoms with E-state index in [0.717, 1.165) is 0 Å². The quantitative estimate of drug-likeness (QED) is 0.700. The van der Waals surface area contributed by atoms with E-state index < -0.39 is 23.9 Å². The Morgan fingerprint density at radius 3 is 2.55 bits per heavy atom. The molecule has 0 aliphatic carbocycles. The molecule has 0 saturated heterocycles. The summed E-state index contributed by atoms with van der Waals surface area (Å²) in [5.41, 5.74) is 0.655. The number of nitrogens with zero attached hydrogens (tertiary/aromatic N) is 2. The Morgan fingerprint density at radius 1 is 1.35 bits per heavy atom. The summed E-state index contributed by atoms with van der Waals surface area (Å²) >= 11 is 0. The summed E-state index contributed by atoms with van der Waals surface area (Å²) in [6.07, 6.45) is 2.49. The van der Waals surface area contributed by atoms with Gasteiger partial charge in [0.2, 0.25) is 0 Å². The molecule has 0 aliphatic heterocycles. The van der Waals surface area contributed by atoms with Crippen LogP contribution in [0.1, 0.15) is 29.0 Å². The first kappa shape index (κ1) is 15.5. The average Bonchev–Trinajstić information content (AvgIpc) is 2.43. The molecule has 2 N–H and O–H groups in total. The molecule has 0 fully saturated rings. The van der Waals surface area contributed by atoms with Gasteiger partial charge in [0.25, 0.3) is 5.91 Å². The molecule has 0 unspecified atom stereocenters. The molecular weight excluding hydrogens is 266 g/mol. The maximum Gasteiger partial charge on any atom is 0.326 e. The van der Waals surface area contributed by atoms with Crippen LogP contribution in [0, 0.1) is 6.92 Å². The van der Waals surface area contributed by atoms with Gasteiger partial charge in [-0.2, -0.15) is 0 Å². The van der Waals surface area contributed by atoms with Crippen LogP contribution in [0.2, 0.25) is 0 Å². The number of ether oxygens (including phenoxy) is 1. The smallest absolute Gasteiger partial charge is 0.326 e. The number of rotatable bonds is 6. The van der Waals surface area contributed by atoms with Gasteiger partial charge in [-0.3, -0.25) is 14.6 Å². The number of aromatic nitrogens is 2. The molecule has 108 valence electrons. The molecular formula is C12H15N3O5. The second-order valence-electron chi connectivity index (χ2n) is 4.02. The fourth-order valence-corrected chi connectivity index (χ4v) is 1.36. The molecule has 1 amide bonds. The van der Waals surface area contributed by atoms with Crippen molar-refractivity contribution in [1.29, 1.82) is 0 Å². The first-order chi connectivity index (χ1) is 9.43. The van der Waals surface area contributed by atoms with E-state index in [4.69, 9.17) is 5.11 Å². The van der Waals surface area contributed by atoms with Gasteiger partial charge < -0.3 is 15.2 Å². The van der Waals surface area contributed by atoms with Crippen molar-refractivity contribution in [2.45, 2.75) is 25.8 Å². The standard InChI is InChI=1S/C12H15N3O5/c1-7-5-14-9(6-13-7)11(17)15-8(12(18)19)3-4-10(16)20-2/h5-6,8H,3-4H2,1-2H3,(H,15,17)(H,18,19)/t8-/m0/s1. The summed E-state index contributed by atoms with van der Waals surface area (Å²) in [4.78, 5) is 41.5. The summed E-state index contributed by atoms with van der Waals surface area (Å²) in [7, 11) is 1.21. The highest BCUT2D eigenvalue weighted by Crippen LogP contribution is 2.02. The first-order valence-electron chi connectivity index (χ1n) is 5.83. The Labute approximate surface area is 115 Å². The van der Waals surface area contributed by atoms with Crippen LogP contribution < -0.4 is 5.32 Å². The fourth-order valence-electron chi connectivity index (χ4n) is 1.36. The number of esters is 1. The molecule has 20 heavy (non-hydrogen) atoms. The Bertz CT molecular complexity index is 500. The Hall–Kier alpha value is -2.51. The molecule has 0 bridgehead atoms. The molecule has 1 rings (SSSR count). The van der Waals surface area contributed by atoms with Crippen molar-refractivity contribution in [1.82, 2.24) is 15.3 Å². The Balaban J connectivity index is 2.65. The molecule has 0 saturated carbocycles. The lowest BCUT2D eigenvalue weighted by Gasteiger charge is -2.13. The van der Waals surface area contributed by atoms with E-state index in [1.807, 2.05) is 0 Å². The molecule has 8 nitrogen and oxygen atoms in total. The van der Waals surface area contributed by atoms with E-state index in [1.54, 1.807) is 6.92 Å². The van der Waals surface area contributed by atoms with Crippen molar-refractivity contribution in [2.24, 2.45) is 0 Å². The summed E-state index contributed by atoms with van der Waals surface area (Å²) in [6, 6.07) is -1.19. The molecule has 0 aliphatic rings. The molecule has 0 radical (unpaired) electrons. The number of nitrogens with one attached hydrogen (secondary N) is 1. The molecule has 1 aromatic rings. The second kappa shape index (κ2) is 7.17. The van der Waals surface area contributed by atoms with Gasteiger partial charge in [-0.15, -0.1) is 0 Å². The number of hydrogen-bond acceptors (Lipinski definition) is 6. The lowest BCUT2D eigenvalue weighted by molar-refractivity contribution is -0.142. The van der Waals surface area contributed by atoms with Crippen LogP contribution in [0.25, 0.3) is 0 Å². The fraction of sp³-hybridized carbons (Fsp3) is 0.417. The summed E-state index contributed by atoms with van der Waals surface area (Å²) < 4.78 is 4.42. The SMILES string of the molecule is COC(=O)CC[C@H](NC(=O)c1cnc(C)cn1)C(=O)O. The van der Waals surface area contributed by atoms with Gasteiger partial charge in [0, 0.05) is 12.6 Å². The predicted molar refractivity (Wildman–Crippen MR) is 66.9 cm³/mol. The second-order valence-corrected chi connectivity index (χ2v) is 4.02. The average molecular weight is 281 g/mol. The van der Waals surface area contributed by atoms with E-state index in [-0.39, 0.29) is 18.5 Å². The van der Waals surface area contributed by atoms with Gasteiger partial charge >= 0.3 is 11.9 Å². The zero-order valence-electron chi connectivity index (χ0n) is 11.1. The van der Waals surface area contributed by atoms with Crippen molar-refractivity contribution in [3.8, 4) is 0 Å². The van der Waals surface area contributed by atoms with Gasteiger partial charge in [-0.25, -0.2) is 9.78 Å². The van der Waals surface area contributed by atoms with E-state index in [2.05, 4.69) is 20.0 Å². The minimum Gasteiger partial charge on any atom is -0.480 e. The van der Waals surface area contributed by atoms with E-state index in [9.17, 15) is 14.4 Å². The predicted octanol–water partition coefficient (Wildman–Crippen LogP) is -0.0788. The van der Waals surface area contributed by atoms with Crippen LogP contribution in [0.15, 0.2) is 12.4 Å². The minimum atomic E-state index is -1.23. The van der Waals surface area contributed by atoms with Gasteiger partial charge in [0.1, 0.15) is 11.7 Å². The topological polar surface area (TPSA) is 118 Å². The van der Waals surface area contributed by atoms with Gasteiger partial charge in [0.05, 0.1) is 19.0 Å². The van der Waals surface area contributed by atoms with Crippen molar-refractivity contribution >= 4 is 17.8 Å². The largest absolute Gasteiger partial charge is 0.480 e. The van der Waals surface area contributed by atoms with E-state index in [1.165, 1.54) is 19.5 Å². The zero-order chi connectivity index (χ0) is 15.1. The lowest BCUT2D eigenvalue weighted by Crippen LogP contribution is -2.41. The Kier molecular flexibility index (Phi) is 5.57. The summed E-state index contributed by atoms with van der Waals surface area (Å²) in [5.74, 6) is -2.43. The van der Waals surface area contributed by atoms with Crippen molar-refractivity contribution < 1.29 is 24.2 Å². The number of methoxy groups -OCH3 is 1. The Morgan fingerprint density at radius 2 is 2.05 bits per heavy atom. The summed E-state index contributed by atoms with van der Waals surface area (Å²) in [5, 5.41) is 11.3. The maximum absolute atomic E-state index is 11.8. The lowest BCUT2D eigenvalue weighted by atomic mass is 10.1. The van der Waals surface area contributed by atoms with Gasteiger partial charge in [-0.1, -0.05) is 0 Å². The first-order valence-corrected chi connectivity index (χ1v) is 5.83. The number of hydrogen-bond donors (Lipinski definition) is 2. The highest BCUT2D eigenvalue weighted by atomic mass is 16.5. The van der Waals surface area contributed by atoms with E-state index >= 15 is 0 Å². The third-order valence-electron chi connectivity index (χ3n) is 2.48. The van der Waals surface area contributed by atoms with Crippen LogP contribution >= 0.6 is 0 Å². The number of amides is 1. The minimum absolute atomic E-state index is 0.0138. The molecule has 1 aromatic heterocycles. The third-order valence-corrected chi connectivity index (χ3v) is 2.48. The summed E-state index contributed by atoms with van der Waals surface area (Å²) in [6.45, 7) is 1.71. The number of carbonyl (C=O) groups is 3. The van der Waals surface area contributed by atoms with Crippen LogP contribution in [0.3, 0.4) is 0 Å². The monoisotopic (exact) mass is 281 g/mol. The normalized spacial score (nSPS) is 11.5. The number of aliphatic carboxylic acids is 1. The molecule has 1 heterocycles. The molecule has 1 atom stereocenters. The van der Waals surface area contributed by atoms with Gasteiger partial charge in [0.15, 0.2) is 0 Å². The molecule has 8 heteroatoms. The van der Waals surface area contributed by atoms with Crippen molar-refractivity contribution in [3.05, 3.63) is 23.8 Å². The van der Waals surface area contributed by atoms with Crippen LogP contribution in [-0.4, -0.2) is 46.1 Å². The number of carbonyl (C=O) groups excluding carboxylic acids is 2. The molecule has 0 spiro atoms. The highest BCUT2D eigenvalue weighted by Gasteiger charge is 2.22. The van der Waals surface area contributed by atoms with E-state index in [0.29, 0.717) is 5.69 Å². The maximum atomic E-state index is 11.8. The van der Waals surface area contributed by atoms with Crippen LogP contribution in [0.4, 0.5) is 0 Å². The zero-order valence-corrected chi connectivity index (χ0v) is 11.1.